The van der Waals surface area contributed by atoms with Crippen LogP contribution in [0.25, 0.3) is 0 Å². The number of likely N-dealkylation sites (tertiary alicyclic amines) is 1. The number of halogens is 1. The van der Waals surface area contributed by atoms with Crippen molar-refractivity contribution in [3.05, 3.63) is 50.3 Å². The first-order valence-corrected chi connectivity index (χ1v) is 12.9. The highest BCUT2D eigenvalue weighted by Crippen LogP contribution is 2.45. The molecule has 1 N–H and O–H groups in total. The highest BCUT2D eigenvalue weighted by molar-refractivity contribution is 9.10. The van der Waals surface area contributed by atoms with Crippen LogP contribution in [0.2, 0.25) is 0 Å². The molecule has 2 aromatic rings. The Labute approximate surface area is 197 Å². The summed E-state index contributed by atoms with van der Waals surface area (Å²) >= 11 is 5.05. The molecule has 2 amide bonds. The zero-order valence-corrected chi connectivity index (χ0v) is 21.0. The van der Waals surface area contributed by atoms with Crippen molar-refractivity contribution >= 4 is 44.1 Å². The third-order valence-electron chi connectivity index (χ3n) is 6.66. The van der Waals surface area contributed by atoms with Crippen LogP contribution in [0.1, 0.15) is 77.6 Å². The molecule has 31 heavy (non-hydrogen) atoms. The number of carbonyl (C=O) groups excluding carboxylic acids is 2. The lowest BCUT2D eigenvalue weighted by atomic mass is 9.72. The molecule has 0 bridgehead atoms. The van der Waals surface area contributed by atoms with Gasteiger partial charge in [-0.1, -0.05) is 42.8 Å². The molecular weight excluding hydrogens is 472 g/mol. The topological polar surface area (TPSA) is 49.4 Å². The van der Waals surface area contributed by atoms with Gasteiger partial charge in [0, 0.05) is 28.0 Å². The summed E-state index contributed by atoms with van der Waals surface area (Å²) in [5.41, 5.74) is 2.74. The first kappa shape index (κ1) is 22.5. The Bertz CT molecular complexity index is 986. The number of anilines is 1. The molecule has 1 aliphatic heterocycles. The van der Waals surface area contributed by atoms with Crippen molar-refractivity contribution in [3.8, 4) is 0 Å². The predicted molar refractivity (Wildman–Crippen MR) is 131 cm³/mol. The average molecular weight is 504 g/mol. The van der Waals surface area contributed by atoms with Crippen molar-refractivity contribution in [3.63, 3.8) is 0 Å². The second-order valence-electron chi connectivity index (χ2n) is 9.83. The quantitative estimate of drug-likeness (QED) is 0.517. The Kier molecular flexibility index (Phi) is 6.59. The molecule has 0 saturated carbocycles. The van der Waals surface area contributed by atoms with Gasteiger partial charge in [-0.25, -0.2) is 0 Å². The first-order valence-electron chi connectivity index (χ1n) is 11.2. The summed E-state index contributed by atoms with van der Waals surface area (Å²) < 4.78 is 0.864. The van der Waals surface area contributed by atoms with Gasteiger partial charge in [0.05, 0.1) is 5.56 Å². The number of nitrogens with zero attached hydrogens (tertiary/aromatic N) is 1. The molecule has 0 radical (unpaired) electrons. The van der Waals surface area contributed by atoms with Crippen LogP contribution >= 0.6 is 27.3 Å². The molecule has 166 valence electrons. The molecule has 1 fully saturated rings. The van der Waals surface area contributed by atoms with E-state index in [4.69, 9.17) is 0 Å². The summed E-state index contributed by atoms with van der Waals surface area (Å²) in [5, 5.41) is 3.82. The lowest BCUT2D eigenvalue weighted by Gasteiger charge is -2.34. The van der Waals surface area contributed by atoms with E-state index in [0.29, 0.717) is 11.5 Å². The van der Waals surface area contributed by atoms with E-state index in [-0.39, 0.29) is 17.2 Å². The summed E-state index contributed by atoms with van der Waals surface area (Å²) in [6.07, 6.45) is 6.29. The number of carbonyl (C=O) groups is 2. The standard InChI is InChI=1S/C25H31BrN2O2S/c1-25(2,3)17-10-11-19-20(15-17)31-23(21(19)24(30)28-12-5-4-6-13-28)27-22(29)16-8-7-9-18(26)14-16/h7-9,14,17H,4-6,10-13,15H2,1-3H3,(H,27,29). The van der Waals surface area contributed by atoms with Crippen molar-refractivity contribution < 1.29 is 9.59 Å². The first-order chi connectivity index (χ1) is 14.7. The Morgan fingerprint density at radius 2 is 1.90 bits per heavy atom. The lowest BCUT2D eigenvalue weighted by Crippen LogP contribution is -2.36. The van der Waals surface area contributed by atoms with Crippen LogP contribution in [0.5, 0.6) is 0 Å². The third kappa shape index (κ3) is 4.90. The second kappa shape index (κ2) is 9.07. The smallest absolute Gasteiger partial charge is 0.257 e. The maximum Gasteiger partial charge on any atom is 0.257 e. The van der Waals surface area contributed by atoms with E-state index >= 15 is 0 Å². The fraction of sp³-hybridized carbons (Fsp3) is 0.520. The molecule has 1 aromatic carbocycles. The van der Waals surface area contributed by atoms with E-state index in [1.54, 1.807) is 17.4 Å². The Morgan fingerprint density at radius 3 is 2.58 bits per heavy atom. The van der Waals surface area contributed by atoms with Gasteiger partial charge in [0.1, 0.15) is 5.00 Å². The van der Waals surface area contributed by atoms with Crippen LogP contribution in [-0.2, 0) is 12.8 Å². The molecule has 4 nitrogen and oxygen atoms in total. The summed E-state index contributed by atoms with van der Waals surface area (Å²) in [7, 11) is 0. The number of thiophene rings is 1. The number of piperidine rings is 1. The van der Waals surface area contributed by atoms with E-state index in [0.717, 1.165) is 60.2 Å². The molecule has 6 heteroatoms. The van der Waals surface area contributed by atoms with Crippen molar-refractivity contribution in [1.29, 1.82) is 0 Å². The Hall–Kier alpha value is -1.66. The van der Waals surface area contributed by atoms with E-state index in [2.05, 4.69) is 42.0 Å². The van der Waals surface area contributed by atoms with E-state index < -0.39 is 0 Å². The monoisotopic (exact) mass is 502 g/mol. The van der Waals surface area contributed by atoms with Gasteiger partial charge in [-0.2, -0.15) is 0 Å². The van der Waals surface area contributed by atoms with Crippen molar-refractivity contribution in [2.75, 3.05) is 18.4 Å². The van der Waals surface area contributed by atoms with Crippen LogP contribution in [0.3, 0.4) is 0 Å². The Balaban J connectivity index is 1.68. The second-order valence-corrected chi connectivity index (χ2v) is 11.9. The molecule has 4 rings (SSSR count). The van der Waals surface area contributed by atoms with Crippen LogP contribution in [-0.4, -0.2) is 29.8 Å². The van der Waals surface area contributed by atoms with Crippen molar-refractivity contribution in [1.82, 2.24) is 4.90 Å². The van der Waals surface area contributed by atoms with Gasteiger partial charge in [0.15, 0.2) is 0 Å². The number of nitrogens with one attached hydrogen (secondary N) is 1. The maximum atomic E-state index is 13.6. The highest BCUT2D eigenvalue weighted by Gasteiger charge is 2.35. The summed E-state index contributed by atoms with van der Waals surface area (Å²) in [4.78, 5) is 29.8. The minimum Gasteiger partial charge on any atom is -0.339 e. The molecule has 1 aromatic heterocycles. The minimum atomic E-state index is -0.167. The SMILES string of the molecule is CC(C)(C)C1CCc2c(sc(NC(=O)c3cccc(Br)c3)c2C(=O)N2CCCCC2)C1. The summed E-state index contributed by atoms with van der Waals surface area (Å²) in [5.74, 6) is 0.515. The lowest BCUT2D eigenvalue weighted by molar-refractivity contribution is 0.0724. The van der Waals surface area contributed by atoms with Crippen LogP contribution in [0.15, 0.2) is 28.7 Å². The van der Waals surface area contributed by atoms with E-state index in [9.17, 15) is 9.59 Å². The molecule has 2 aliphatic rings. The maximum absolute atomic E-state index is 13.6. The summed E-state index contributed by atoms with van der Waals surface area (Å²) in [6.45, 7) is 8.52. The van der Waals surface area contributed by atoms with Crippen molar-refractivity contribution in [2.45, 2.75) is 59.3 Å². The summed E-state index contributed by atoms with van der Waals surface area (Å²) in [6, 6.07) is 7.37. The zero-order valence-electron chi connectivity index (χ0n) is 18.6. The molecular formula is C25H31BrN2O2S. The fourth-order valence-electron chi connectivity index (χ4n) is 4.70. The highest BCUT2D eigenvalue weighted by atomic mass is 79.9. The minimum absolute atomic E-state index is 0.0935. The largest absolute Gasteiger partial charge is 0.339 e. The predicted octanol–water partition coefficient (Wildman–Crippen LogP) is 6.54. The van der Waals surface area contributed by atoms with Gasteiger partial charge in [-0.3, -0.25) is 9.59 Å². The average Bonchev–Trinajstić information content (AvgIpc) is 3.10. The molecule has 0 spiro atoms. The number of rotatable bonds is 3. The van der Waals surface area contributed by atoms with E-state index in [1.807, 2.05) is 23.1 Å². The molecule has 1 atom stereocenters. The number of fused-ring (bicyclic) bond motifs is 1. The number of benzene rings is 1. The molecule has 1 unspecified atom stereocenters. The molecule has 1 saturated heterocycles. The van der Waals surface area contributed by atoms with Crippen LogP contribution < -0.4 is 5.32 Å². The third-order valence-corrected chi connectivity index (χ3v) is 8.32. The number of hydrogen-bond acceptors (Lipinski definition) is 3. The van der Waals surface area contributed by atoms with E-state index in [1.165, 1.54) is 16.9 Å². The van der Waals surface area contributed by atoms with Gasteiger partial charge in [0.2, 0.25) is 0 Å². The number of hydrogen-bond donors (Lipinski definition) is 1. The van der Waals surface area contributed by atoms with Gasteiger partial charge >= 0.3 is 0 Å². The molecule has 2 heterocycles. The van der Waals surface area contributed by atoms with Crippen LogP contribution in [0.4, 0.5) is 5.00 Å². The van der Waals surface area contributed by atoms with Gasteiger partial charge < -0.3 is 10.2 Å². The van der Waals surface area contributed by atoms with Gasteiger partial charge in [0.25, 0.3) is 11.8 Å². The fourth-order valence-corrected chi connectivity index (χ4v) is 6.41. The Morgan fingerprint density at radius 1 is 1.16 bits per heavy atom. The molecule has 1 aliphatic carbocycles. The number of amides is 2. The van der Waals surface area contributed by atoms with Crippen LogP contribution in [0, 0.1) is 11.3 Å². The normalized spacial score (nSPS) is 19.1. The van der Waals surface area contributed by atoms with Gasteiger partial charge in [-0.15, -0.1) is 11.3 Å². The van der Waals surface area contributed by atoms with Crippen molar-refractivity contribution in [2.24, 2.45) is 11.3 Å². The zero-order chi connectivity index (χ0) is 22.2. The van der Waals surface area contributed by atoms with Gasteiger partial charge in [-0.05, 0) is 73.6 Å².